The average molecular weight is 280 g/mol. The van der Waals surface area contributed by atoms with E-state index in [0.29, 0.717) is 23.4 Å². The van der Waals surface area contributed by atoms with Crippen molar-refractivity contribution in [3.05, 3.63) is 23.2 Å². The van der Waals surface area contributed by atoms with Gasteiger partial charge in [0, 0.05) is 13.1 Å². The lowest BCUT2D eigenvalue weighted by molar-refractivity contribution is 0.0695. The smallest absolute Gasteiger partial charge is 0.339 e. The van der Waals surface area contributed by atoms with E-state index in [0.717, 1.165) is 13.1 Å². The molecule has 1 aliphatic heterocycles. The highest BCUT2D eigenvalue weighted by Gasteiger charge is 2.29. The fourth-order valence-corrected chi connectivity index (χ4v) is 2.41. The molecule has 0 spiro atoms. The minimum Gasteiger partial charge on any atom is -0.478 e. The number of carboxylic acids is 1. The van der Waals surface area contributed by atoms with E-state index in [-0.39, 0.29) is 18.1 Å². The van der Waals surface area contributed by atoms with Crippen molar-refractivity contribution in [3.63, 3.8) is 0 Å². The third-order valence-corrected chi connectivity index (χ3v) is 3.89. The van der Waals surface area contributed by atoms with E-state index >= 15 is 0 Å². The molecule has 20 heavy (non-hydrogen) atoms. The summed E-state index contributed by atoms with van der Waals surface area (Å²) in [6, 6.07) is 1.32. The Kier molecular flexibility index (Phi) is 4.01. The number of hydrogen-bond donors (Lipinski definition) is 2. The van der Waals surface area contributed by atoms with Gasteiger partial charge in [0.1, 0.15) is 17.1 Å². The van der Waals surface area contributed by atoms with Gasteiger partial charge in [-0.2, -0.15) is 0 Å². The number of nitrogens with zero attached hydrogens (tertiary/aromatic N) is 1. The van der Waals surface area contributed by atoms with E-state index in [1.807, 2.05) is 0 Å². The standard InChI is InChI=1S/C14H20N2O4/c1-8-6-16(7-9(8)2)14(19)15-5-11-4-12(13(17)18)10(3)20-11/h4,8-9H,5-7H2,1-3H3,(H,15,19)(H,17,18). The van der Waals surface area contributed by atoms with Crippen molar-refractivity contribution >= 4 is 12.0 Å². The molecule has 2 unspecified atom stereocenters. The van der Waals surface area contributed by atoms with Gasteiger partial charge in [0.2, 0.25) is 0 Å². The molecule has 6 heteroatoms. The maximum atomic E-state index is 12.0. The monoisotopic (exact) mass is 280 g/mol. The number of aromatic carboxylic acids is 1. The number of rotatable bonds is 3. The van der Waals surface area contributed by atoms with Gasteiger partial charge in [0.25, 0.3) is 0 Å². The van der Waals surface area contributed by atoms with Crippen LogP contribution in [0.25, 0.3) is 0 Å². The number of urea groups is 1. The highest BCUT2D eigenvalue weighted by Crippen LogP contribution is 2.22. The van der Waals surface area contributed by atoms with Crippen molar-refractivity contribution in [1.29, 1.82) is 0 Å². The number of amides is 2. The van der Waals surface area contributed by atoms with Crippen LogP contribution in [-0.4, -0.2) is 35.1 Å². The molecule has 2 atom stereocenters. The second-order valence-electron chi connectivity index (χ2n) is 5.51. The normalized spacial score (nSPS) is 22.1. The predicted octanol–water partition coefficient (Wildman–Crippen LogP) is 2.08. The molecule has 110 valence electrons. The lowest BCUT2D eigenvalue weighted by Gasteiger charge is -2.16. The Hall–Kier alpha value is -1.98. The Morgan fingerprint density at radius 3 is 2.50 bits per heavy atom. The molecule has 0 saturated carbocycles. The second-order valence-corrected chi connectivity index (χ2v) is 5.51. The number of likely N-dealkylation sites (tertiary alicyclic amines) is 1. The van der Waals surface area contributed by atoms with Gasteiger partial charge in [-0.05, 0) is 24.8 Å². The topological polar surface area (TPSA) is 82.8 Å². The fourth-order valence-electron chi connectivity index (χ4n) is 2.41. The molecule has 1 aromatic heterocycles. The summed E-state index contributed by atoms with van der Waals surface area (Å²) in [6.45, 7) is 7.57. The van der Waals surface area contributed by atoms with Gasteiger partial charge in [0.15, 0.2) is 0 Å². The molecule has 6 nitrogen and oxygen atoms in total. The zero-order valence-electron chi connectivity index (χ0n) is 12.0. The molecular weight excluding hydrogens is 260 g/mol. The molecule has 1 aromatic rings. The van der Waals surface area contributed by atoms with Crippen molar-refractivity contribution in [3.8, 4) is 0 Å². The third-order valence-electron chi connectivity index (χ3n) is 3.89. The van der Waals surface area contributed by atoms with Gasteiger partial charge in [-0.1, -0.05) is 13.8 Å². The molecular formula is C14H20N2O4. The Morgan fingerprint density at radius 1 is 1.40 bits per heavy atom. The molecule has 1 fully saturated rings. The number of carbonyl (C=O) groups is 2. The molecule has 2 heterocycles. The van der Waals surface area contributed by atoms with Crippen LogP contribution in [0, 0.1) is 18.8 Å². The summed E-state index contributed by atoms with van der Waals surface area (Å²) in [5.74, 6) is 0.792. The zero-order valence-corrected chi connectivity index (χ0v) is 12.0. The lowest BCUT2D eigenvalue weighted by atomic mass is 10.0. The largest absolute Gasteiger partial charge is 0.478 e. The third kappa shape index (κ3) is 2.95. The number of nitrogens with one attached hydrogen (secondary N) is 1. The summed E-state index contributed by atoms with van der Waals surface area (Å²) < 4.78 is 5.32. The van der Waals surface area contributed by atoms with Crippen molar-refractivity contribution in [1.82, 2.24) is 10.2 Å². The average Bonchev–Trinajstić information content (AvgIpc) is 2.91. The summed E-state index contributed by atoms with van der Waals surface area (Å²) in [4.78, 5) is 24.7. The number of carboxylic acid groups (broad SMARTS) is 1. The number of aryl methyl sites for hydroxylation is 1. The number of hydrogen-bond acceptors (Lipinski definition) is 3. The summed E-state index contributed by atoms with van der Waals surface area (Å²) in [6.07, 6.45) is 0. The van der Waals surface area contributed by atoms with Crippen LogP contribution in [0.15, 0.2) is 10.5 Å². The van der Waals surface area contributed by atoms with Crippen molar-refractivity contribution in [2.24, 2.45) is 11.8 Å². The van der Waals surface area contributed by atoms with Crippen LogP contribution in [0.4, 0.5) is 4.79 Å². The van der Waals surface area contributed by atoms with Crippen LogP contribution in [-0.2, 0) is 6.54 Å². The minimum absolute atomic E-state index is 0.132. The first kappa shape index (κ1) is 14.4. The summed E-state index contributed by atoms with van der Waals surface area (Å²) in [7, 11) is 0. The quantitative estimate of drug-likeness (QED) is 0.888. The molecule has 0 aromatic carbocycles. The summed E-state index contributed by atoms with van der Waals surface area (Å²) >= 11 is 0. The highest BCUT2D eigenvalue weighted by molar-refractivity contribution is 5.88. The van der Waals surface area contributed by atoms with Gasteiger partial charge in [-0.3, -0.25) is 0 Å². The molecule has 0 radical (unpaired) electrons. The summed E-state index contributed by atoms with van der Waals surface area (Å²) in [5, 5.41) is 11.7. The zero-order chi connectivity index (χ0) is 14.9. The molecule has 1 aliphatic rings. The van der Waals surface area contributed by atoms with Gasteiger partial charge in [-0.15, -0.1) is 0 Å². The Bertz CT molecular complexity index is 513. The van der Waals surface area contributed by atoms with E-state index in [4.69, 9.17) is 9.52 Å². The fraction of sp³-hybridized carbons (Fsp3) is 0.571. The molecule has 0 bridgehead atoms. The Labute approximate surface area is 117 Å². The Balaban J connectivity index is 1.91. The molecule has 0 aliphatic carbocycles. The van der Waals surface area contributed by atoms with E-state index in [2.05, 4.69) is 19.2 Å². The van der Waals surface area contributed by atoms with E-state index < -0.39 is 5.97 Å². The van der Waals surface area contributed by atoms with Gasteiger partial charge in [-0.25, -0.2) is 9.59 Å². The summed E-state index contributed by atoms with van der Waals surface area (Å²) in [5.41, 5.74) is 0.137. The maximum Gasteiger partial charge on any atom is 0.339 e. The predicted molar refractivity (Wildman–Crippen MR) is 72.5 cm³/mol. The lowest BCUT2D eigenvalue weighted by Crippen LogP contribution is -2.38. The van der Waals surface area contributed by atoms with Gasteiger partial charge in [0.05, 0.1) is 6.54 Å². The minimum atomic E-state index is -1.02. The van der Waals surface area contributed by atoms with Crippen molar-refractivity contribution < 1.29 is 19.1 Å². The molecule has 2 N–H and O–H groups in total. The Morgan fingerprint density at radius 2 is 2.00 bits per heavy atom. The van der Waals surface area contributed by atoms with Crippen LogP contribution in [0.5, 0.6) is 0 Å². The molecule has 2 rings (SSSR count). The van der Waals surface area contributed by atoms with E-state index in [1.54, 1.807) is 11.8 Å². The van der Waals surface area contributed by atoms with Crippen LogP contribution in [0.3, 0.4) is 0 Å². The van der Waals surface area contributed by atoms with Crippen LogP contribution in [0.1, 0.15) is 35.7 Å². The van der Waals surface area contributed by atoms with Crippen molar-refractivity contribution in [2.75, 3.05) is 13.1 Å². The van der Waals surface area contributed by atoms with E-state index in [9.17, 15) is 9.59 Å². The second kappa shape index (κ2) is 5.56. The first-order chi connectivity index (χ1) is 9.38. The van der Waals surface area contributed by atoms with Crippen LogP contribution < -0.4 is 5.32 Å². The van der Waals surface area contributed by atoms with Gasteiger partial charge >= 0.3 is 12.0 Å². The first-order valence-electron chi connectivity index (χ1n) is 6.74. The van der Waals surface area contributed by atoms with Crippen LogP contribution in [0.2, 0.25) is 0 Å². The van der Waals surface area contributed by atoms with Gasteiger partial charge < -0.3 is 19.7 Å². The number of carbonyl (C=O) groups excluding carboxylic acids is 1. The first-order valence-corrected chi connectivity index (χ1v) is 6.74. The highest BCUT2D eigenvalue weighted by atomic mass is 16.4. The molecule has 2 amide bonds. The molecule has 1 saturated heterocycles. The van der Waals surface area contributed by atoms with Crippen LogP contribution >= 0.6 is 0 Å². The van der Waals surface area contributed by atoms with Crippen molar-refractivity contribution in [2.45, 2.75) is 27.3 Å². The number of furan rings is 1. The SMILES string of the molecule is Cc1oc(CNC(=O)N2CC(C)C(C)C2)cc1C(=O)O. The maximum absolute atomic E-state index is 12.0. The van der Waals surface area contributed by atoms with E-state index in [1.165, 1.54) is 6.07 Å².